The molecule has 0 aliphatic heterocycles. The summed E-state index contributed by atoms with van der Waals surface area (Å²) in [6.45, 7) is 1.74. The fraction of sp³-hybridized carbons (Fsp3) is 0.316. The Balaban J connectivity index is 1.65. The number of halogens is 1. The van der Waals surface area contributed by atoms with E-state index in [0.717, 1.165) is 18.6 Å². The van der Waals surface area contributed by atoms with Crippen molar-refractivity contribution >= 4 is 23.2 Å². The minimum Gasteiger partial charge on any atom is -0.481 e. The molecule has 0 heterocycles. The summed E-state index contributed by atoms with van der Waals surface area (Å²) in [6.07, 6.45) is 4.11. The third-order valence-corrected chi connectivity index (χ3v) is 4.46. The quantitative estimate of drug-likeness (QED) is 0.888. The van der Waals surface area contributed by atoms with Crippen molar-refractivity contribution in [3.05, 3.63) is 58.6 Å². The molecule has 2 aromatic carbocycles. The van der Waals surface area contributed by atoms with Crippen LogP contribution in [0.1, 0.15) is 30.9 Å². The highest BCUT2D eigenvalue weighted by molar-refractivity contribution is 6.33. The molecular weight excluding hydrogens is 310 g/mol. The lowest BCUT2D eigenvalue weighted by Gasteiger charge is -2.19. The molecular formula is C19H20ClNO2. The highest BCUT2D eigenvalue weighted by Crippen LogP contribution is 2.26. The van der Waals surface area contributed by atoms with Crippen LogP contribution < -0.4 is 10.1 Å². The standard InChI is InChI=1S/C19H20ClNO2/c1-13(19(22)21-18-9-5-4-8-17(18)20)23-16-11-10-14-6-2-3-7-15(14)12-16/h4-5,8-13H,2-3,6-7H2,1H3,(H,21,22)/t13-/m1/s1. The Kier molecular flexibility index (Phi) is 4.87. The number of hydrogen-bond donors (Lipinski definition) is 1. The minimum absolute atomic E-state index is 0.212. The van der Waals surface area contributed by atoms with E-state index in [1.165, 1.54) is 24.0 Å². The molecule has 4 heteroatoms. The molecule has 23 heavy (non-hydrogen) atoms. The van der Waals surface area contributed by atoms with Crippen molar-refractivity contribution in [2.24, 2.45) is 0 Å². The average molecular weight is 330 g/mol. The number of amides is 1. The molecule has 3 nitrogen and oxygen atoms in total. The zero-order chi connectivity index (χ0) is 16.2. The first-order chi connectivity index (χ1) is 11.1. The van der Waals surface area contributed by atoms with Gasteiger partial charge in [-0.25, -0.2) is 0 Å². The monoisotopic (exact) mass is 329 g/mol. The van der Waals surface area contributed by atoms with E-state index in [-0.39, 0.29) is 5.91 Å². The zero-order valence-corrected chi connectivity index (χ0v) is 13.9. The van der Waals surface area contributed by atoms with Crippen LogP contribution in [0.25, 0.3) is 0 Å². The van der Waals surface area contributed by atoms with E-state index in [9.17, 15) is 4.79 Å². The molecule has 2 aromatic rings. The van der Waals surface area contributed by atoms with E-state index in [0.29, 0.717) is 10.7 Å². The number of carbonyl (C=O) groups excluding carboxylic acids is 1. The second-order valence-corrected chi connectivity index (χ2v) is 6.27. The first kappa shape index (κ1) is 15.9. The maximum absolute atomic E-state index is 12.3. The number of aryl methyl sites for hydroxylation is 2. The second-order valence-electron chi connectivity index (χ2n) is 5.87. The van der Waals surface area contributed by atoms with Gasteiger partial charge in [0.2, 0.25) is 0 Å². The molecule has 1 aliphatic carbocycles. The van der Waals surface area contributed by atoms with Crippen LogP contribution in [0.2, 0.25) is 5.02 Å². The van der Waals surface area contributed by atoms with Crippen LogP contribution in [-0.2, 0) is 17.6 Å². The lowest BCUT2D eigenvalue weighted by atomic mass is 9.92. The maximum Gasteiger partial charge on any atom is 0.265 e. The summed E-state index contributed by atoms with van der Waals surface area (Å²) in [4.78, 5) is 12.3. The Morgan fingerprint density at radius 1 is 1.13 bits per heavy atom. The van der Waals surface area contributed by atoms with E-state index >= 15 is 0 Å². The van der Waals surface area contributed by atoms with Crippen molar-refractivity contribution in [1.29, 1.82) is 0 Å². The maximum atomic E-state index is 12.3. The highest BCUT2D eigenvalue weighted by Gasteiger charge is 2.17. The number of nitrogens with one attached hydrogen (secondary N) is 1. The summed E-state index contributed by atoms with van der Waals surface area (Å²) in [5.74, 6) is 0.531. The molecule has 0 aromatic heterocycles. The Hall–Kier alpha value is -2.00. The van der Waals surface area contributed by atoms with Gasteiger partial charge in [0.15, 0.2) is 6.10 Å². The van der Waals surface area contributed by atoms with E-state index in [4.69, 9.17) is 16.3 Å². The van der Waals surface area contributed by atoms with Crippen molar-refractivity contribution in [3.63, 3.8) is 0 Å². The summed E-state index contributed by atoms with van der Waals surface area (Å²) in [5, 5.41) is 3.31. The van der Waals surface area contributed by atoms with Crippen LogP contribution in [0.4, 0.5) is 5.69 Å². The fourth-order valence-electron chi connectivity index (χ4n) is 2.84. The van der Waals surface area contributed by atoms with Crippen LogP contribution in [0, 0.1) is 0 Å². The van der Waals surface area contributed by atoms with Gasteiger partial charge in [-0.3, -0.25) is 4.79 Å². The first-order valence-electron chi connectivity index (χ1n) is 7.97. The highest BCUT2D eigenvalue weighted by atomic mass is 35.5. The zero-order valence-electron chi connectivity index (χ0n) is 13.1. The van der Waals surface area contributed by atoms with Gasteiger partial charge in [-0.1, -0.05) is 29.8 Å². The van der Waals surface area contributed by atoms with Gasteiger partial charge in [-0.15, -0.1) is 0 Å². The topological polar surface area (TPSA) is 38.3 Å². The number of fused-ring (bicyclic) bond motifs is 1. The summed E-state index contributed by atoms with van der Waals surface area (Å²) in [5.41, 5.74) is 3.34. The second kappa shape index (κ2) is 7.05. The van der Waals surface area contributed by atoms with Gasteiger partial charge >= 0.3 is 0 Å². The fourth-order valence-corrected chi connectivity index (χ4v) is 3.02. The summed E-state index contributed by atoms with van der Waals surface area (Å²) >= 11 is 6.06. The Labute approximate surface area is 141 Å². The number of ether oxygens (including phenoxy) is 1. The number of benzene rings is 2. The molecule has 1 amide bonds. The van der Waals surface area contributed by atoms with Crippen LogP contribution >= 0.6 is 11.6 Å². The average Bonchev–Trinajstić information content (AvgIpc) is 2.56. The van der Waals surface area contributed by atoms with Gasteiger partial charge in [-0.2, -0.15) is 0 Å². The smallest absolute Gasteiger partial charge is 0.265 e. The molecule has 1 N–H and O–H groups in total. The summed E-state index contributed by atoms with van der Waals surface area (Å²) in [7, 11) is 0. The molecule has 0 spiro atoms. The molecule has 3 rings (SSSR count). The minimum atomic E-state index is -0.590. The Morgan fingerprint density at radius 2 is 1.87 bits per heavy atom. The van der Waals surface area contributed by atoms with Crippen molar-refractivity contribution in [1.82, 2.24) is 0 Å². The molecule has 0 unspecified atom stereocenters. The number of anilines is 1. The number of hydrogen-bond acceptors (Lipinski definition) is 2. The van der Waals surface area contributed by atoms with Crippen LogP contribution in [0.5, 0.6) is 5.75 Å². The third-order valence-electron chi connectivity index (χ3n) is 4.13. The molecule has 0 bridgehead atoms. The van der Waals surface area contributed by atoms with Crippen LogP contribution in [0.15, 0.2) is 42.5 Å². The number of rotatable bonds is 4. The summed E-state index contributed by atoms with van der Waals surface area (Å²) < 4.78 is 5.80. The molecule has 0 fully saturated rings. The SMILES string of the molecule is C[C@@H](Oc1ccc2c(c1)CCCC2)C(=O)Nc1ccccc1Cl. The van der Waals surface area contributed by atoms with Gasteiger partial charge in [0.25, 0.3) is 5.91 Å². The van der Waals surface area contributed by atoms with Crippen LogP contribution in [0.3, 0.4) is 0 Å². The van der Waals surface area contributed by atoms with Gasteiger partial charge < -0.3 is 10.1 Å². The van der Waals surface area contributed by atoms with Gasteiger partial charge in [0, 0.05) is 0 Å². The predicted octanol–water partition coefficient (Wildman–Crippen LogP) is 4.62. The normalized spacial score (nSPS) is 14.7. The largest absolute Gasteiger partial charge is 0.481 e. The lowest BCUT2D eigenvalue weighted by Crippen LogP contribution is -2.30. The van der Waals surface area contributed by atoms with Crippen molar-refractivity contribution < 1.29 is 9.53 Å². The Morgan fingerprint density at radius 3 is 2.65 bits per heavy atom. The van der Waals surface area contributed by atoms with Gasteiger partial charge in [0.1, 0.15) is 5.75 Å². The molecule has 0 saturated carbocycles. The van der Waals surface area contributed by atoms with Gasteiger partial charge in [-0.05, 0) is 68.0 Å². The lowest BCUT2D eigenvalue weighted by molar-refractivity contribution is -0.122. The van der Waals surface area contributed by atoms with Gasteiger partial charge in [0.05, 0.1) is 10.7 Å². The summed E-state index contributed by atoms with van der Waals surface area (Å²) in [6, 6.07) is 13.3. The number of para-hydroxylation sites is 1. The Bertz CT molecular complexity index is 714. The predicted molar refractivity (Wildman–Crippen MR) is 93.3 cm³/mol. The third kappa shape index (κ3) is 3.85. The molecule has 0 radical (unpaired) electrons. The van der Waals surface area contributed by atoms with Crippen molar-refractivity contribution in [3.8, 4) is 5.75 Å². The van der Waals surface area contributed by atoms with Crippen molar-refractivity contribution in [2.75, 3.05) is 5.32 Å². The molecule has 1 aliphatic rings. The van der Waals surface area contributed by atoms with E-state index in [2.05, 4.69) is 17.4 Å². The van der Waals surface area contributed by atoms with Crippen LogP contribution in [-0.4, -0.2) is 12.0 Å². The number of carbonyl (C=O) groups is 1. The molecule has 1 atom stereocenters. The van der Waals surface area contributed by atoms with E-state index < -0.39 is 6.10 Å². The molecule has 0 saturated heterocycles. The van der Waals surface area contributed by atoms with Crippen molar-refractivity contribution in [2.45, 2.75) is 38.7 Å². The first-order valence-corrected chi connectivity index (χ1v) is 8.35. The van der Waals surface area contributed by atoms with E-state index in [1.807, 2.05) is 18.2 Å². The van der Waals surface area contributed by atoms with E-state index in [1.54, 1.807) is 19.1 Å². The molecule has 120 valence electrons.